The Balaban J connectivity index is 1.24. The van der Waals surface area contributed by atoms with Gasteiger partial charge in [-0.05, 0) is 34.6 Å². The van der Waals surface area contributed by atoms with Crippen molar-refractivity contribution < 1.29 is 29.0 Å². The summed E-state index contributed by atoms with van der Waals surface area (Å²) in [4.78, 5) is 35.9. The molecule has 0 bridgehead atoms. The van der Waals surface area contributed by atoms with Crippen molar-refractivity contribution >= 4 is 18.0 Å². The molecule has 1 saturated carbocycles. The van der Waals surface area contributed by atoms with Crippen molar-refractivity contribution in [1.29, 1.82) is 0 Å². The minimum atomic E-state index is -1.09. The van der Waals surface area contributed by atoms with Crippen molar-refractivity contribution in [1.82, 2.24) is 10.6 Å². The topological polar surface area (TPSA) is 114 Å². The summed E-state index contributed by atoms with van der Waals surface area (Å²) >= 11 is 0. The monoisotopic (exact) mass is 452 g/mol. The second kappa shape index (κ2) is 10.0. The number of nitrogens with one attached hydrogen (secondary N) is 2. The highest BCUT2D eigenvalue weighted by Crippen LogP contribution is 2.44. The molecule has 3 atom stereocenters. The van der Waals surface area contributed by atoms with E-state index in [1.807, 2.05) is 24.3 Å². The number of aliphatic carboxylic acids is 1. The van der Waals surface area contributed by atoms with E-state index in [9.17, 15) is 19.5 Å². The van der Waals surface area contributed by atoms with Crippen LogP contribution in [0.3, 0.4) is 0 Å². The Morgan fingerprint density at radius 2 is 1.70 bits per heavy atom. The first kappa shape index (κ1) is 22.8. The highest BCUT2D eigenvalue weighted by molar-refractivity contribution is 5.86. The summed E-state index contributed by atoms with van der Waals surface area (Å²) in [6.07, 6.45) is 0.283. The first-order valence-corrected chi connectivity index (χ1v) is 11.1. The third kappa shape index (κ3) is 5.17. The van der Waals surface area contributed by atoms with Gasteiger partial charge in [-0.3, -0.25) is 4.79 Å². The molecule has 0 radical (unpaired) electrons. The predicted octanol–water partition coefficient (Wildman–Crippen LogP) is 2.77. The molecule has 3 N–H and O–H groups in total. The largest absolute Gasteiger partial charge is 0.480 e. The molecule has 8 heteroatoms. The smallest absolute Gasteiger partial charge is 0.407 e. The molecule has 33 heavy (non-hydrogen) atoms. The lowest BCUT2D eigenvalue weighted by molar-refractivity contribution is -0.142. The minimum Gasteiger partial charge on any atom is -0.480 e. The second-order valence-electron chi connectivity index (χ2n) is 8.49. The third-order valence-corrected chi connectivity index (χ3v) is 6.34. The molecule has 2 amide bonds. The summed E-state index contributed by atoms with van der Waals surface area (Å²) in [5.74, 6) is -1.74. The van der Waals surface area contributed by atoms with Gasteiger partial charge in [0, 0.05) is 38.5 Å². The van der Waals surface area contributed by atoms with E-state index in [4.69, 9.17) is 9.47 Å². The summed E-state index contributed by atoms with van der Waals surface area (Å²) < 4.78 is 10.4. The maximum Gasteiger partial charge on any atom is 0.407 e. The van der Waals surface area contributed by atoms with Gasteiger partial charge in [0.15, 0.2) is 0 Å². The molecule has 4 rings (SSSR count). The van der Waals surface area contributed by atoms with Gasteiger partial charge in [-0.15, -0.1) is 0 Å². The summed E-state index contributed by atoms with van der Waals surface area (Å²) in [6.45, 7) is 0.785. The van der Waals surface area contributed by atoms with Crippen LogP contribution in [0.1, 0.15) is 29.9 Å². The zero-order valence-electron chi connectivity index (χ0n) is 18.5. The van der Waals surface area contributed by atoms with Crippen LogP contribution in [0.5, 0.6) is 0 Å². The summed E-state index contributed by atoms with van der Waals surface area (Å²) in [6, 6.07) is 15.3. The summed E-state index contributed by atoms with van der Waals surface area (Å²) in [5.41, 5.74) is 4.62. The number of carbonyl (C=O) groups excluding carboxylic acids is 2. The lowest BCUT2D eigenvalue weighted by Gasteiger charge is -2.15. The first-order chi connectivity index (χ1) is 16.0. The van der Waals surface area contributed by atoms with Crippen LogP contribution >= 0.6 is 0 Å². The van der Waals surface area contributed by atoms with E-state index in [-0.39, 0.29) is 43.3 Å². The van der Waals surface area contributed by atoms with Gasteiger partial charge in [0.2, 0.25) is 5.91 Å². The Kier molecular flexibility index (Phi) is 6.93. The van der Waals surface area contributed by atoms with Crippen LogP contribution < -0.4 is 10.6 Å². The molecule has 2 aliphatic carbocycles. The van der Waals surface area contributed by atoms with Gasteiger partial charge in [0.05, 0.1) is 0 Å². The molecule has 0 saturated heterocycles. The lowest BCUT2D eigenvalue weighted by atomic mass is 9.98. The van der Waals surface area contributed by atoms with Gasteiger partial charge in [-0.25, -0.2) is 9.59 Å². The molecule has 174 valence electrons. The molecule has 8 nitrogen and oxygen atoms in total. The number of hydrogen-bond donors (Lipinski definition) is 3. The van der Waals surface area contributed by atoms with Crippen LogP contribution in [0.15, 0.2) is 48.5 Å². The van der Waals surface area contributed by atoms with Crippen LogP contribution in [0.4, 0.5) is 4.79 Å². The van der Waals surface area contributed by atoms with E-state index in [1.54, 1.807) is 0 Å². The van der Waals surface area contributed by atoms with Crippen LogP contribution in [0.25, 0.3) is 11.1 Å². The average molecular weight is 453 g/mol. The van der Waals surface area contributed by atoms with E-state index >= 15 is 0 Å². The number of rotatable bonds is 10. The maximum absolute atomic E-state index is 12.3. The molecule has 0 heterocycles. The second-order valence-corrected chi connectivity index (χ2v) is 8.49. The zero-order valence-corrected chi connectivity index (χ0v) is 18.5. The van der Waals surface area contributed by atoms with E-state index < -0.39 is 18.1 Å². The van der Waals surface area contributed by atoms with Gasteiger partial charge < -0.3 is 25.2 Å². The van der Waals surface area contributed by atoms with Crippen LogP contribution in [0.2, 0.25) is 0 Å². The maximum atomic E-state index is 12.3. The number of benzene rings is 2. The van der Waals surface area contributed by atoms with Gasteiger partial charge in [0.1, 0.15) is 12.6 Å². The van der Waals surface area contributed by atoms with Crippen molar-refractivity contribution in [3.05, 3.63) is 59.7 Å². The third-order valence-electron chi connectivity index (χ3n) is 6.34. The SMILES string of the molecule is COCCC(NC(=O)[C@@H]1C[C@@H]1CNC(=O)OCC1c2ccccc2-c2ccccc21)C(=O)O. The molecule has 2 aliphatic rings. The Morgan fingerprint density at radius 1 is 1.06 bits per heavy atom. The van der Waals surface area contributed by atoms with Crippen molar-refractivity contribution in [2.75, 3.05) is 26.9 Å². The zero-order chi connectivity index (χ0) is 23.4. The molecular formula is C25H28N2O6. The first-order valence-electron chi connectivity index (χ1n) is 11.1. The van der Waals surface area contributed by atoms with E-state index in [0.717, 1.165) is 11.1 Å². The molecule has 0 aliphatic heterocycles. The van der Waals surface area contributed by atoms with Gasteiger partial charge in [0.25, 0.3) is 0 Å². The highest BCUT2D eigenvalue weighted by atomic mass is 16.5. The number of amides is 2. The Hall–Kier alpha value is -3.39. The summed E-state index contributed by atoms with van der Waals surface area (Å²) in [5, 5.41) is 14.5. The molecular weight excluding hydrogens is 424 g/mol. The fraction of sp³-hybridized carbons (Fsp3) is 0.400. The number of carboxylic acids is 1. The number of alkyl carbamates (subject to hydrolysis) is 1. The number of ether oxygens (including phenoxy) is 2. The molecule has 0 spiro atoms. The lowest BCUT2D eigenvalue weighted by Crippen LogP contribution is -2.42. The van der Waals surface area contributed by atoms with E-state index in [2.05, 4.69) is 34.9 Å². The molecule has 2 aromatic rings. The normalized spacial score (nSPS) is 19.2. The number of carbonyl (C=O) groups is 3. The standard InChI is InChI=1S/C25H28N2O6/c1-32-11-10-22(24(29)30)27-23(28)20-12-15(20)13-26-25(31)33-14-21-18-8-4-2-6-16(18)17-7-3-5-9-19(17)21/h2-9,15,20-22H,10-14H2,1H3,(H,26,31)(H,27,28)(H,29,30)/t15-,20-,22?/m1/s1. The van der Waals surface area contributed by atoms with Crippen molar-refractivity contribution in [3.8, 4) is 11.1 Å². The summed E-state index contributed by atoms with van der Waals surface area (Å²) in [7, 11) is 1.48. The number of methoxy groups -OCH3 is 1. The van der Waals surface area contributed by atoms with E-state index in [1.165, 1.54) is 18.2 Å². The molecule has 2 aromatic carbocycles. The van der Waals surface area contributed by atoms with Gasteiger partial charge in [-0.1, -0.05) is 48.5 Å². The molecule has 1 unspecified atom stereocenters. The van der Waals surface area contributed by atoms with Gasteiger partial charge >= 0.3 is 12.1 Å². The van der Waals surface area contributed by atoms with Gasteiger partial charge in [-0.2, -0.15) is 0 Å². The highest BCUT2D eigenvalue weighted by Gasteiger charge is 2.44. The minimum absolute atomic E-state index is 0.0114. The van der Waals surface area contributed by atoms with Crippen molar-refractivity contribution in [3.63, 3.8) is 0 Å². The van der Waals surface area contributed by atoms with Crippen molar-refractivity contribution in [2.45, 2.75) is 24.8 Å². The van der Waals surface area contributed by atoms with Crippen LogP contribution in [0, 0.1) is 11.8 Å². The number of fused-ring (bicyclic) bond motifs is 3. The Morgan fingerprint density at radius 3 is 2.30 bits per heavy atom. The fourth-order valence-corrected chi connectivity index (χ4v) is 4.43. The Bertz CT molecular complexity index is 994. The Labute approximate surface area is 192 Å². The van der Waals surface area contributed by atoms with E-state index in [0.29, 0.717) is 13.0 Å². The number of carboxylic acid groups (broad SMARTS) is 1. The van der Waals surface area contributed by atoms with Crippen LogP contribution in [-0.2, 0) is 19.1 Å². The molecule has 1 fully saturated rings. The quantitative estimate of drug-likeness (QED) is 0.511. The van der Waals surface area contributed by atoms with Crippen molar-refractivity contribution in [2.24, 2.45) is 11.8 Å². The molecule has 0 aromatic heterocycles. The average Bonchev–Trinajstić information content (AvgIpc) is 3.54. The predicted molar refractivity (Wildman–Crippen MR) is 121 cm³/mol. The number of hydrogen-bond acceptors (Lipinski definition) is 5. The van der Waals surface area contributed by atoms with Crippen LogP contribution in [-0.4, -0.2) is 56.0 Å². The fourth-order valence-electron chi connectivity index (χ4n) is 4.43.